The predicted molar refractivity (Wildman–Crippen MR) is 101 cm³/mol. The van der Waals surface area contributed by atoms with Gasteiger partial charge in [-0.05, 0) is 24.6 Å². The maximum Gasteiger partial charge on any atom is 0.349 e. The van der Waals surface area contributed by atoms with E-state index in [1.165, 1.54) is 8.97 Å². The molecule has 1 saturated heterocycles. The topological polar surface area (TPSA) is 60.9 Å². The van der Waals surface area contributed by atoms with E-state index < -0.39 is 23.1 Å². The van der Waals surface area contributed by atoms with Crippen molar-refractivity contribution in [1.82, 2.24) is 9.30 Å². The summed E-state index contributed by atoms with van der Waals surface area (Å²) in [5.74, 6) is -2.28. The number of benzene rings is 1. The molecular weight excluding hydrogens is 380 g/mol. The van der Waals surface area contributed by atoms with Gasteiger partial charge >= 0.3 is 5.56 Å². The fourth-order valence-corrected chi connectivity index (χ4v) is 3.69. The first-order valence-corrected chi connectivity index (χ1v) is 9.56. The van der Waals surface area contributed by atoms with Crippen molar-refractivity contribution in [1.29, 1.82) is 0 Å². The number of fused-ring (bicyclic) bond motifs is 1. The summed E-state index contributed by atoms with van der Waals surface area (Å²) in [6.07, 6.45) is 2.23. The van der Waals surface area contributed by atoms with E-state index in [9.17, 15) is 18.7 Å². The lowest BCUT2D eigenvalue weighted by Crippen LogP contribution is -2.45. The van der Waals surface area contributed by atoms with E-state index >= 15 is 0 Å². The van der Waals surface area contributed by atoms with Gasteiger partial charge in [0.25, 0.3) is 5.65 Å². The number of aryl methyl sites for hydroxylation is 1. The molecule has 152 valence electrons. The first-order chi connectivity index (χ1) is 14.1. The quantitative estimate of drug-likeness (QED) is 0.606. The third-order valence-electron chi connectivity index (χ3n) is 5.17. The molecule has 4 rings (SSSR count). The van der Waals surface area contributed by atoms with E-state index in [0.717, 1.165) is 31.8 Å². The molecule has 8 heteroatoms. The van der Waals surface area contributed by atoms with Crippen LogP contribution in [0.5, 0.6) is 5.88 Å². The van der Waals surface area contributed by atoms with Gasteiger partial charge in [-0.15, -0.1) is 0 Å². The van der Waals surface area contributed by atoms with Crippen LogP contribution in [0.1, 0.15) is 6.42 Å². The highest BCUT2D eigenvalue weighted by molar-refractivity contribution is 5.67. The van der Waals surface area contributed by atoms with Crippen LogP contribution in [0.3, 0.4) is 0 Å². The van der Waals surface area contributed by atoms with Gasteiger partial charge in [0.15, 0.2) is 0 Å². The molecule has 0 unspecified atom stereocenters. The van der Waals surface area contributed by atoms with Crippen molar-refractivity contribution in [2.45, 2.75) is 13.0 Å². The Labute approximate surface area is 166 Å². The Morgan fingerprint density at radius 3 is 2.69 bits per heavy atom. The lowest BCUT2D eigenvalue weighted by atomic mass is 10.1. The second-order valence-electron chi connectivity index (χ2n) is 7.00. The third-order valence-corrected chi connectivity index (χ3v) is 5.17. The van der Waals surface area contributed by atoms with E-state index in [2.05, 4.69) is 4.90 Å². The largest absolute Gasteiger partial charge is 0.842 e. The zero-order valence-corrected chi connectivity index (χ0v) is 15.8. The number of morpholine rings is 1. The zero-order valence-electron chi connectivity index (χ0n) is 15.8. The molecule has 1 aliphatic heterocycles. The van der Waals surface area contributed by atoms with Crippen molar-refractivity contribution in [3.8, 4) is 17.0 Å². The first kappa shape index (κ1) is 19.5. The fourth-order valence-electron chi connectivity index (χ4n) is 3.69. The molecular formula is C21H21F2N3O3. The second kappa shape index (κ2) is 8.26. The standard InChI is InChI=1S/C21H21F2N3O3/c22-15-5-6-16(17(23)14-15)19-20(27)25-8-2-1-4-18(25)26(21(19)28)9-3-7-24-10-12-29-13-11-24/h1-2,4-6,8,14H,3,7,9-13H2. The monoisotopic (exact) mass is 401 g/mol. The Kier molecular flexibility index (Phi) is 5.55. The summed E-state index contributed by atoms with van der Waals surface area (Å²) in [4.78, 5) is 15.2. The molecule has 0 bridgehead atoms. The van der Waals surface area contributed by atoms with Gasteiger partial charge < -0.3 is 9.84 Å². The van der Waals surface area contributed by atoms with Gasteiger partial charge in [0.2, 0.25) is 0 Å². The van der Waals surface area contributed by atoms with Gasteiger partial charge in [0.1, 0.15) is 17.2 Å². The molecule has 3 heterocycles. The van der Waals surface area contributed by atoms with Gasteiger partial charge in [0.05, 0.1) is 31.8 Å². The van der Waals surface area contributed by atoms with Crippen molar-refractivity contribution in [2.75, 3.05) is 32.8 Å². The minimum atomic E-state index is -0.935. The number of hydrogen-bond donors (Lipinski definition) is 0. The van der Waals surface area contributed by atoms with Gasteiger partial charge in [-0.2, -0.15) is 4.40 Å². The number of halogens is 2. The number of aromatic nitrogens is 2. The van der Waals surface area contributed by atoms with Crippen LogP contribution in [0.25, 0.3) is 16.8 Å². The minimum Gasteiger partial charge on any atom is -0.842 e. The molecule has 0 saturated carbocycles. The summed E-state index contributed by atoms with van der Waals surface area (Å²) in [6.45, 7) is 4.23. The molecule has 1 aliphatic rings. The lowest BCUT2D eigenvalue weighted by molar-refractivity contribution is -0.715. The summed E-state index contributed by atoms with van der Waals surface area (Å²) in [6, 6.07) is 7.95. The Hall–Kier alpha value is -2.84. The highest BCUT2D eigenvalue weighted by atomic mass is 19.1. The van der Waals surface area contributed by atoms with Gasteiger partial charge in [-0.25, -0.2) is 18.1 Å². The highest BCUT2D eigenvalue weighted by Gasteiger charge is 2.22. The van der Waals surface area contributed by atoms with E-state index in [1.807, 2.05) is 0 Å². The molecule has 0 N–H and O–H groups in total. The van der Waals surface area contributed by atoms with E-state index in [1.54, 1.807) is 24.4 Å². The van der Waals surface area contributed by atoms with Crippen molar-refractivity contribution in [2.24, 2.45) is 0 Å². The number of pyridine rings is 1. The molecule has 3 aromatic rings. The van der Waals surface area contributed by atoms with Crippen LogP contribution in [0.4, 0.5) is 8.78 Å². The zero-order chi connectivity index (χ0) is 20.4. The Balaban J connectivity index is 1.75. The summed E-state index contributed by atoms with van der Waals surface area (Å²) in [5.41, 5.74) is -0.671. The minimum absolute atomic E-state index is 0.193. The average molecular weight is 401 g/mol. The molecule has 0 spiro atoms. The number of hydrogen-bond acceptors (Lipinski definition) is 4. The number of nitrogens with zero attached hydrogens (tertiary/aromatic N) is 3. The van der Waals surface area contributed by atoms with Crippen LogP contribution < -0.4 is 15.2 Å². The Bertz CT molecular complexity index is 1090. The molecule has 0 amide bonds. The Morgan fingerprint density at radius 1 is 1.14 bits per heavy atom. The van der Waals surface area contributed by atoms with Crippen molar-refractivity contribution >= 4 is 5.65 Å². The van der Waals surface area contributed by atoms with Crippen molar-refractivity contribution in [3.63, 3.8) is 0 Å². The number of rotatable bonds is 5. The van der Waals surface area contributed by atoms with Gasteiger partial charge in [0, 0.05) is 37.3 Å². The van der Waals surface area contributed by atoms with Crippen LogP contribution in [-0.4, -0.2) is 42.1 Å². The predicted octanol–water partition coefficient (Wildman–Crippen LogP) is 1.33. The van der Waals surface area contributed by atoms with Gasteiger partial charge in [-0.1, -0.05) is 6.07 Å². The van der Waals surface area contributed by atoms with Crippen LogP contribution in [0.15, 0.2) is 47.4 Å². The van der Waals surface area contributed by atoms with Crippen LogP contribution >= 0.6 is 0 Å². The first-order valence-electron chi connectivity index (χ1n) is 9.56. The molecule has 0 aliphatic carbocycles. The molecule has 0 atom stereocenters. The van der Waals surface area contributed by atoms with Crippen LogP contribution in [-0.2, 0) is 11.3 Å². The van der Waals surface area contributed by atoms with Crippen LogP contribution in [0.2, 0.25) is 0 Å². The van der Waals surface area contributed by atoms with Gasteiger partial charge in [-0.3, -0.25) is 4.90 Å². The molecule has 29 heavy (non-hydrogen) atoms. The third kappa shape index (κ3) is 3.86. The lowest BCUT2D eigenvalue weighted by Gasteiger charge is -2.26. The molecule has 1 fully saturated rings. The molecule has 6 nitrogen and oxygen atoms in total. The SMILES string of the molecule is O=c1c(-c2ccc(F)cc2F)c([O-])[n+](CCCN2CCOCC2)c2ccccn12. The summed E-state index contributed by atoms with van der Waals surface area (Å²) < 4.78 is 35.8. The highest BCUT2D eigenvalue weighted by Crippen LogP contribution is 2.25. The maximum absolute atomic E-state index is 14.4. The van der Waals surface area contributed by atoms with E-state index in [0.29, 0.717) is 37.9 Å². The average Bonchev–Trinajstić information content (AvgIpc) is 2.73. The van der Waals surface area contributed by atoms with E-state index in [4.69, 9.17) is 4.74 Å². The molecule has 0 radical (unpaired) electrons. The summed E-state index contributed by atoms with van der Waals surface area (Å²) >= 11 is 0. The number of ether oxygens (including phenoxy) is 1. The van der Waals surface area contributed by atoms with Crippen molar-refractivity contribution < 1.29 is 23.2 Å². The summed E-state index contributed by atoms with van der Waals surface area (Å²) in [5, 5.41) is 13.2. The normalized spacial score (nSPS) is 15.1. The molecule has 2 aromatic heterocycles. The molecule has 1 aromatic carbocycles. The fraction of sp³-hybridized carbons (Fsp3) is 0.333. The van der Waals surface area contributed by atoms with Crippen molar-refractivity contribution in [3.05, 3.63) is 64.6 Å². The van der Waals surface area contributed by atoms with Crippen LogP contribution in [0, 0.1) is 11.6 Å². The summed E-state index contributed by atoms with van der Waals surface area (Å²) in [7, 11) is 0. The smallest absolute Gasteiger partial charge is 0.349 e. The maximum atomic E-state index is 14.4. The van der Waals surface area contributed by atoms with E-state index in [-0.39, 0.29) is 11.1 Å². The Morgan fingerprint density at radius 2 is 1.93 bits per heavy atom. The second-order valence-corrected chi connectivity index (χ2v) is 7.00.